The van der Waals surface area contributed by atoms with Gasteiger partial charge in [-0.1, -0.05) is 32.3 Å². The molecule has 4 nitrogen and oxygen atoms in total. The monoisotopic (exact) mass is 469 g/mol. The van der Waals surface area contributed by atoms with Gasteiger partial charge in [-0.3, -0.25) is 0 Å². The third kappa shape index (κ3) is 4.58. The van der Waals surface area contributed by atoms with Crippen LogP contribution in [-0.2, 0) is 6.42 Å². The first-order valence-electron chi connectivity index (χ1n) is 12.0. The van der Waals surface area contributed by atoms with E-state index in [1.165, 1.54) is 64.3 Å². The highest BCUT2D eigenvalue weighted by Crippen LogP contribution is 2.56. The van der Waals surface area contributed by atoms with Gasteiger partial charge in [0.25, 0.3) is 0 Å². The number of thioether (sulfide) groups is 1. The van der Waals surface area contributed by atoms with Crippen molar-refractivity contribution in [3.8, 4) is 10.6 Å². The highest BCUT2D eigenvalue weighted by Gasteiger charge is 2.38. The number of amides is 1. The molecule has 6 heteroatoms. The average molecular weight is 470 g/mol. The highest BCUT2D eigenvalue weighted by atomic mass is 32.2. The molecule has 0 bridgehead atoms. The van der Waals surface area contributed by atoms with E-state index in [0.29, 0.717) is 0 Å². The third-order valence-corrected chi connectivity index (χ3v) is 9.41. The van der Waals surface area contributed by atoms with Crippen molar-refractivity contribution in [3.05, 3.63) is 29.0 Å². The lowest BCUT2D eigenvalue weighted by Gasteiger charge is -2.33. The summed E-state index contributed by atoms with van der Waals surface area (Å²) in [6.45, 7) is 10.8. The van der Waals surface area contributed by atoms with E-state index in [4.69, 9.17) is 5.10 Å². The summed E-state index contributed by atoms with van der Waals surface area (Å²) in [6, 6.07) is 1.85. The van der Waals surface area contributed by atoms with Crippen LogP contribution in [0.4, 0.5) is 4.79 Å². The molecule has 2 aromatic rings. The van der Waals surface area contributed by atoms with Crippen LogP contribution in [0.5, 0.6) is 0 Å². The number of nitrogens with zero attached hydrogens (tertiary/aromatic N) is 2. The van der Waals surface area contributed by atoms with Crippen LogP contribution < -0.4 is 5.32 Å². The maximum atomic E-state index is 12.7. The standard InChI is InChI=1S/C26H35N3OS2/c1-25(2,3)27-24(30)29-13-12-20(28-29)22-19-15-26(4,5)14-18(16-10-11-16)21(19)23(32-22)31-17-8-6-7-9-17/h12-13,17H,6-11,14-15H2,1-5H3,(H,27,30). The van der Waals surface area contributed by atoms with Crippen molar-refractivity contribution in [2.24, 2.45) is 5.41 Å². The molecule has 172 valence electrons. The fraction of sp³-hybridized carbons (Fsp3) is 0.615. The van der Waals surface area contributed by atoms with E-state index < -0.39 is 0 Å². The van der Waals surface area contributed by atoms with Crippen LogP contribution in [0, 0.1) is 5.41 Å². The largest absolute Gasteiger partial charge is 0.342 e. The SMILES string of the molecule is CC1(C)CC(=C2CC2)c2c(SC3CCCC3)sc(-c3ccn(C(=O)NC(C)(C)C)n3)c2C1. The first-order valence-corrected chi connectivity index (χ1v) is 13.7. The van der Waals surface area contributed by atoms with Gasteiger partial charge in [0, 0.05) is 22.5 Å². The summed E-state index contributed by atoms with van der Waals surface area (Å²) in [5.41, 5.74) is 7.23. The molecule has 0 atom stereocenters. The Morgan fingerprint density at radius 3 is 2.59 bits per heavy atom. The predicted molar refractivity (Wildman–Crippen MR) is 136 cm³/mol. The molecule has 0 radical (unpaired) electrons. The minimum absolute atomic E-state index is 0.171. The van der Waals surface area contributed by atoms with Gasteiger partial charge in [-0.05, 0) is 81.9 Å². The maximum absolute atomic E-state index is 12.7. The predicted octanol–water partition coefficient (Wildman–Crippen LogP) is 7.52. The van der Waals surface area contributed by atoms with E-state index in [1.807, 2.05) is 38.2 Å². The smallest absolute Gasteiger partial charge is 0.332 e. The van der Waals surface area contributed by atoms with E-state index in [9.17, 15) is 4.79 Å². The first kappa shape index (κ1) is 22.3. The van der Waals surface area contributed by atoms with Gasteiger partial charge in [0.15, 0.2) is 0 Å². The normalized spacial score (nSPS) is 20.5. The van der Waals surface area contributed by atoms with E-state index >= 15 is 0 Å². The summed E-state index contributed by atoms with van der Waals surface area (Å²) in [5.74, 6) is 0. The molecule has 2 saturated carbocycles. The fourth-order valence-electron chi connectivity index (χ4n) is 5.07. The Bertz CT molecular complexity index is 1070. The van der Waals surface area contributed by atoms with Gasteiger partial charge in [0.2, 0.25) is 0 Å². The van der Waals surface area contributed by atoms with Crippen molar-refractivity contribution >= 4 is 34.7 Å². The number of nitrogens with one attached hydrogen (secondary N) is 1. The van der Waals surface area contributed by atoms with Gasteiger partial charge in [-0.15, -0.1) is 23.1 Å². The highest BCUT2D eigenvalue weighted by molar-refractivity contribution is 8.01. The van der Waals surface area contributed by atoms with Crippen LogP contribution in [0.25, 0.3) is 16.1 Å². The number of aromatic nitrogens is 2. The minimum atomic E-state index is -0.286. The number of carbonyl (C=O) groups is 1. The van der Waals surface area contributed by atoms with Crippen LogP contribution in [-0.4, -0.2) is 26.6 Å². The zero-order valence-electron chi connectivity index (χ0n) is 20.0. The average Bonchev–Trinajstić information content (AvgIpc) is 3.07. The van der Waals surface area contributed by atoms with Crippen LogP contribution in [0.3, 0.4) is 0 Å². The zero-order valence-corrected chi connectivity index (χ0v) is 21.6. The molecule has 2 fully saturated rings. The number of fused-ring (bicyclic) bond motifs is 1. The fourth-order valence-corrected chi connectivity index (χ4v) is 8.21. The van der Waals surface area contributed by atoms with Crippen LogP contribution in [0.1, 0.15) is 90.7 Å². The number of thiophene rings is 1. The molecule has 3 aliphatic carbocycles. The number of hydrogen-bond acceptors (Lipinski definition) is 4. The minimum Gasteiger partial charge on any atom is -0.332 e. The van der Waals surface area contributed by atoms with E-state index in [-0.39, 0.29) is 17.0 Å². The lowest BCUT2D eigenvalue weighted by atomic mass is 9.72. The summed E-state index contributed by atoms with van der Waals surface area (Å²) in [5, 5.41) is 8.50. The van der Waals surface area contributed by atoms with Gasteiger partial charge in [0.05, 0.1) is 9.09 Å². The third-order valence-electron chi connectivity index (χ3n) is 6.60. The first-order chi connectivity index (χ1) is 15.1. The van der Waals surface area contributed by atoms with Gasteiger partial charge in [0.1, 0.15) is 5.69 Å². The van der Waals surface area contributed by atoms with E-state index in [0.717, 1.165) is 17.4 Å². The van der Waals surface area contributed by atoms with Crippen LogP contribution >= 0.6 is 23.1 Å². The molecular formula is C26H35N3OS2. The molecule has 0 aliphatic heterocycles. The molecule has 0 aromatic carbocycles. The summed E-state index contributed by atoms with van der Waals surface area (Å²) < 4.78 is 2.96. The van der Waals surface area contributed by atoms with Gasteiger partial charge >= 0.3 is 6.03 Å². The lowest BCUT2D eigenvalue weighted by molar-refractivity contribution is 0.230. The summed E-state index contributed by atoms with van der Waals surface area (Å²) >= 11 is 4.05. The zero-order chi connectivity index (χ0) is 22.7. The second kappa shape index (κ2) is 8.05. The summed E-state index contributed by atoms with van der Waals surface area (Å²) in [6.07, 6.45) is 12.0. The maximum Gasteiger partial charge on any atom is 0.342 e. The molecule has 0 unspecified atom stereocenters. The second-order valence-electron chi connectivity index (χ2n) is 11.5. The van der Waals surface area contributed by atoms with Gasteiger partial charge in [-0.25, -0.2) is 4.79 Å². The Morgan fingerprint density at radius 1 is 1.22 bits per heavy atom. The van der Waals surface area contributed by atoms with Crippen molar-refractivity contribution in [1.82, 2.24) is 15.1 Å². The molecule has 3 aliphatic rings. The van der Waals surface area contributed by atoms with Crippen molar-refractivity contribution in [2.75, 3.05) is 0 Å². The van der Waals surface area contributed by atoms with Crippen molar-refractivity contribution in [3.63, 3.8) is 0 Å². The van der Waals surface area contributed by atoms with Gasteiger partial charge in [-0.2, -0.15) is 9.78 Å². The van der Waals surface area contributed by atoms with Gasteiger partial charge < -0.3 is 5.32 Å². The van der Waals surface area contributed by atoms with Crippen LogP contribution in [0.15, 0.2) is 22.0 Å². The second-order valence-corrected chi connectivity index (χ2v) is 14.1. The molecule has 1 N–H and O–H groups in total. The molecule has 0 spiro atoms. The Kier molecular flexibility index (Phi) is 5.60. The molecule has 0 saturated heterocycles. The van der Waals surface area contributed by atoms with Crippen molar-refractivity contribution in [2.45, 2.75) is 101 Å². The number of rotatable bonds is 3. The Hall–Kier alpha value is -1.53. The summed E-state index contributed by atoms with van der Waals surface area (Å²) in [7, 11) is 0. The Morgan fingerprint density at radius 2 is 1.94 bits per heavy atom. The van der Waals surface area contributed by atoms with E-state index in [2.05, 4.69) is 30.9 Å². The Labute approximate surface area is 200 Å². The van der Waals surface area contributed by atoms with Crippen LogP contribution in [0.2, 0.25) is 0 Å². The molecule has 5 rings (SSSR count). The van der Waals surface area contributed by atoms with E-state index in [1.54, 1.807) is 22.9 Å². The molecular weight excluding hydrogens is 434 g/mol. The molecule has 2 heterocycles. The number of carbonyl (C=O) groups excluding carboxylic acids is 1. The number of hydrogen-bond donors (Lipinski definition) is 1. The topological polar surface area (TPSA) is 46.9 Å². The number of allylic oxidation sites excluding steroid dienone is 2. The quantitative estimate of drug-likeness (QED) is 0.505. The Balaban J connectivity index is 1.56. The lowest BCUT2D eigenvalue weighted by Crippen LogP contribution is -2.43. The molecule has 32 heavy (non-hydrogen) atoms. The molecule has 2 aromatic heterocycles. The molecule has 1 amide bonds. The van der Waals surface area contributed by atoms with Crippen molar-refractivity contribution in [1.29, 1.82) is 0 Å². The summed E-state index contributed by atoms with van der Waals surface area (Å²) in [4.78, 5) is 13.9. The van der Waals surface area contributed by atoms with Crippen molar-refractivity contribution < 1.29 is 4.79 Å².